The van der Waals surface area contributed by atoms with Gasteiger partial charge in [-0.25, -0.2) is 0 Å². The van der Waals surface area contributed by atoms with Crippen LogP contribution < -0.4 is 0 Å². The molecule has 2 rings (SSSR count). The molecular formula is C10H8NY-. The van der Waals surface area contributed by atoms with E-state index in [9.17, 15) is 0 Å². The van der Waals surface area contributed by atoms with Crippen LogP contribution in [0.4, 0.5) is 0 Å². The molecule has 0 aliphatic heterocycles. The second-order valence-electron chi connectivity index (χ2n) is 2.53. The van der Waals surface area contributed by atoms with Crippen molar-refractivity contribution in [3.8, 4) is 0 Å². The van der Waals surface area contributed by atoms with Gasteiger partial charge in [0.2, 0.25) is 0 Å². The van der Waals surface area contributed by atoms with Crippen molar-refractivity contribution >= 4 is 10.8 Å². The van der Waals surface area contributed by atoms with Gasteiger partial charge in [-0.2, -0.15) is 17.5 Å². The second kappa shape index (κ2) is 4.11. The summed E-state index contributed by atoms with van der Waals surface area (Å²) in [5.41, 5.74) is 1.07. The Hall–Kier alpha value is -0.266. The summed E-state index contributed by atoms with van der Waals surface area (Å²) in [6, 6.07) is 11.2. The Bertz CT molecular complexity index is 379. The zero-order chi connectivity index (χ0) is 7.68. The summed E-state index contributed by atoms with van der Waals surface area (Å²) in [5, 5.41) is 2.33. The molecule has 2 heteroatoms. The Morgan fingerprint density at radius 3 is 2.75 bits per heavy atom. The monoisotopic (exact) mass is 231 g/mol. The Balaban J connectivity index is 0.000000720. The van der Waals surface area contributed by atoms with E-state index in [0.29, 0.717) is 0 Å². The smallest absolute Gasteiger partial charge is 0 e. The van der Waals surface area contributed by atoms with E-state index in [-0.39, 0.29) is 32.7 Å². The van der Waals surface area contributed by atoms with Gasteiger partial charge in [-0.15, -0.1) is 17.5 Å². The average molecular weight is 231 g/mol. The molecule has 2 aromatic rings. The fourth-order valence-electron chi connectivity index (χ4n) is 1.19. The maximum Gasteiger partial charge on any atom is 0 e. The molecule has 0 unspecified atom stereocenters. The van der Waals surface area contributed by atoms with Crippen LogP contribution in [0.25, 0.3) is 10.8 Å². The zero-order valence-electron chi connectivity index (χ0n) is 6.91. The second-order valence-corrected chi connectivity index (χ2v) is 2.53. The topological polar surface area (TPSA) is 12.9 Å². The van der Waals surface area contributed by atoms with Gasteiger partial charge in [0.05, 0.1) is 0 Å². The van der Waals surface area contributed by atoms with Crippen LogP contribution in [-0.2, 0) is 32.7 Å². The molecule has 1 heterocycles. The molecule has 1 nitrogen and oxygen atoms in total. The van der Waals surface area contributed by atoms with E-state index in [1.165, 1.54) is 5.39 Å². The van der Waals surface area contributed by atoms with Crippen molar-refractivity contribution < 1.29 is 32.7 Å². The Kier molecular flexibility index (Phi) is 3.36. The summed E-state index contributed by atoms with van der Waals surface area (Å²) in [5.74, 6) is 0. The number of benzene rings is 1. The molecule has 57 valence electrons. The van der Waals surface area contributed by atoms with Crippen molar-refractivity contribution in [3.05, 3.63) is 42.2 Å². The van der Waals surface area contributed by atoms with E-state index in [1.807, 2.05) is 25.1 Å². The molecule has 0 bridgehead atoms. The van der Waals surface area contributed by atoms with Crippen molar-refractivity contribution in [1.29, 1.82) is 0 Å². The van der Waals surface area contributed by atoms with Crippen molar-refractivity contribution in [3.63, 3.8) is 0 Å². The van der Waals surface area contributed by atoms with E-state index in [1.54, 1.807) is 6.20 Å². The summed E-state index contributed by atoms with van der Waals surface area (Å²) in [6.07, 6.45) is 1.72. The van der Waals surface area contributed by atoms with Crippen LogP contribution in [0.2, 0.25) is 0 Å². The number of aryl methyl sites for hydroxylation is 1. The quantitative estimate of drug-likeness (QED) is 0.634. The molecule has 0 atom stereocenters. The number of nitrogens with zero attached hydrogens (tertiary/aromatic N) is 1. The fourth-order valence-corrected chi connectivity index (χ4v) is 1.19. The van der Waals surface area contributed by atoms with E-state index < -0.39 is 0 Å². The number of fused-ring (bicyclic) bond motifs is 1. The summed E-state index contributed by atoms with van der Waals surface area (Å²) in [4.78, 5) is 4.15. The number of pyridine rings is 1. The van der Waals surface area contributed by atoms with Crippen LogP contribution in [0.1, 0.15) is 5.69 Å². The fraction of sp³-hybridized carbons (Fsp3) is 0.100. The predicted octanol–water partition coefficient (Wildman–Crippen LogP) is 2.34. The Morgan fingerprint density at radius 1 is 1.25 bits per heavy atom. The Morgan fingerprint density at radius 2 is 2.00 bits per heavy atom. The number of hydrogen-bond donors (Lipinski definition) is 0. The minimum Gasteiger partial charge on any atom is -0.288 e. The third-order valence-corrected chi connectivity index (χ3v) is 1.80. The minimum atomic E-state index is 0. The van der Waals surface area contributed by atoms with Gasteiger partial charge in [-0.1, -0.05) is 6.07 Å². The van der Waals surface area contributed by atoms with Crippen molar-refractivity contribution in [2.45, 2.75) is 6.92 Å². The standard InChI is InChI=1S/C10H8N.Y/c1-8-10-5-3-2-4-9(10)6-7-11-8;/h2-5,7H,1H3;/q-1;. The van der Waals surface area contributed by atoms with E-state index >= 15 is 0 Å². The first-order valence-electron chi connectivity index (χ1n) is 3.60. The molecule has 0 amide bonds. The van der Waals surface area contributed by atoms with Crippen LogP contribution in [-0.4, -0.2) is 4.98 Å². The summed E-state index contributed by atoms with van der Waals surface area (Å²) in [6.45, 7) is 2.01. The molecule has 1 radical (unpaired) electrons. The van der Waals surface area contributed by atoms with E-state index in [0.717, 1.165) is 11.1 Å². The molecule has 12 heavy (non-hydrogen) atoms. The zero-order valence-corrected chi connectivity index (χ0v) is 9.75. The van der Waals surface area contributed by atoms with Crippen LogP contribution in [0.5, 0.6) is 0 Å². The molecule has 0 aliphatic carbocycles. The molecule has 0 N–H and O–H groups in total. The number of rotatable bonds is 0. The van der Waals surface area contributed by atoms with Gasteiger partial charge in [0.1, 0.15) is 0 Å². The Labute approximate surface area is 97.1 Å². The predicted molar refractivity (Wildman–Crippen MR) is 45.3 cm³/mol. The first kappa shape index (κ1) is 9.82. The van der Waals surface area contributed by atoms with Crippen LogP contribution in [0.15, 0.2) is 30.5 Å². The van der Waals surface area contributed by atoms with Gasteiger partial charge in [0.15, 0.2) is 0 Å². The molecule has 1 aromatic heterocycles. The van der Waals surface area contributed by atoms with Gasteiger partial charge in [-0.05, 0) is 18.8 Å². The third kappa shape index (κ3) is 1.73. The summed E-state index contributed by atoms with van der Waals surface area (Å²) in [7, 11) is 0. The molecule has 0 saturated heterocycles. The number of aromatic nitrogens is 1. The maximum absolute atomic E-state index is 4.15. The molecule has 0 saturated carbocycles. The van der Waals surface area contributed by atoms with Crippen molar-refractivity contribution in [1.82, 2.24) is 4.98 Å². The SMILES string of the molecule is Cc1nc[c-]c2ccccc12.[Y]. The minimum absolute atomic E-state index is 0. The first-order chi connectivity index (χ1) is 5.38. The summed E-state index contributed by atoms with van der Waals surface area (Å²) < 4.78 is 0. The van der Waals surface area contributed by atoms with Gasteiger partial charge < -0.3 is 0 Å². The van der Waals surface area contributed by atoms with E-state index in [2.05, 4.69) is 17.1 Å². The molecular weight excluding hydrogens is 223 g/mol. The van der Waals surface area contributed by atoms with Gasteiger partial charge in [0.25, 0.3) is 0 Å². The van der Waals surface area contributed by atoms with Crippen LogP contribution in [0, 0.1) is 13.0 Å². The van der Waals surface area contributed by atoms with E-state index in [4.69, 9.17) is 0 Å². The van der Waals surface area contributed by atoms with Gasteiger partial charge in [0, 0.05) is 32.7 Å². The molecule has 0 aliphatic rings. The van der Waals surface area contributed by atoms with Crippen LogP contribution in [0.3, 0.4) is 0 Å². The largest absolute Gasteiger partial charge is 0.288 e. The van der Waals surface area contributed by atoms with Crippen molar-refractivity contribution in [2.24, 2.45) is 0 Å². The third-order valence-electron chi connectivity index (χ3n) is 1.80. The first-order valence-corrected chi connectivity index (χ1v) is 3.60. The van der Waals surface area contributed by atoms with Crippen LogP contribution >= 0.6 is 0 Å². The maximum atomic E-state index is 4.15. The molecule has 0 spiro atoms. The van der Waals surface area contributed by atoms with Crippen molar-refractivity contribution in [2.75, 3.05) is 0 Å². The summed E-state index contributed by atoms with van der Waals surface area (Å²) >= 11 is 0. The van der Waals surface area contributed by atoms with Gasteiger partial charge >= 0.3 is 0 Å². The van der Waals surface area contributed by atoms with Gasteiger partial charge in [-0.3, -0.25) is 4.98 Å². The molecule has 0 fully saturated rings. The normalized spacial score (nSPS) is 9.42. The molecule has 1 aromatic carbocycles. The number of hydrogen-bond acceptors (Lipinski definition) is 1. The average Bonchev–Trinajstić information content (AvgIpc) is 2.06.